The van der Waals surface area contributed by atoms with Gasteiger partial charge in [0.2, 0.25) is 0 Å². The van der Waals surface area contributed by atoms with Gasteiger partial charge in [0.25, 0.3) is 0 Å². The van der Waals surface area contributed by atoms with Crippen molar-refractivity contribution in [2.24, 2.45) is 11.8 Å². The van der Waals surface area contributed by atoms with E-state index < -0.39 is 0 Å². The van der Waals surface area contributed by atoms with Gasteiger partial charge in [-0.2, -0.15) is 0 Å². The van der Waals surface area contributed by atoms with Crippen molar-refractivity contribution >= 4 is 0 Å². The van der Waals surface area contributed by atoms with E-state index in [0.29, 0.717) is 0 Å². The van der Waals surface area contributed by atoms with Crippen LogP contribution in [0.4, 0.5) is 0 Å². The summed E-state index contributed by atoms with van der Waals surface area (Å²) in [5.41, 5.74) is 3.28. The fraction of sp³-hybridized carbons (Fsp3) is 0.684. The van der Waals surface area contributed by atoms with Crippen LogP contribution in [0.15, 0.2) is 24.3 Å². The highest BCUT2D eigenvalue weighted by Crippen LogP contribution is 2.59. The van der Waals surface area contributed by atoms with Crippen LogP contribution in [0.5, 0.6) is 0 Å². The van der Waals surface area contributed by atoms with Gasteiger partial charge in [-0.05, 0) is 74.2 Å². The molecule has 1 N–H and O–H groups in total. The van der Waals surface area contributed by atoms with Gasteiger partial charge in [-0.1, -0.05) is 30.7 Å². The maximum Gasteiger partial charge on any atom is 0.0107 e. The lowest BCUT2D eigenvalue weighted by molar-refractivity contribution is 0.228. The van der Waals surface area contributed by atoms with Crippen molar-refractivity contribution in [2.45, 2.75) is 38.0 Å². The van der Waals surface area contributed by atoms with Crippen LogP contribution in [-0.2, 0) is 6.42 Å². The predicted molar refractivity (Wildman–Crippen MR) is 87.6 cm³/mol. The summed E-state index contributed by atoms with van der Waals surface area (Å²) in [6.07, 6.45) is 6.98. The van der Waals surface area contributed by atoms with Gasteiger partial charge in [0.15, 0.2) is 0 Å². The Balaban J connectivity index is 1.23. The highest BCUT2D eigenvalue weighted by molar-refractivity contribution is 5.39. The maximum atomic E-state index is 3.74. The van der Waals surface area contributed by atoms with Crippen LogP contribution >= 0.6 is 0 Å². The second kappa shape index (κ2) is 6.10. The molecule has 1 saturated heterocycles. The van der Waals surface area contributed by atoms with E-state index in [0.717, 1.165) is 17.8 Å². The minimum atomic E-state index is 0.873. The minimum Gasteiger partial charge on any atom is -0.315 e. The SMILES string of the molecule is c1ccc2c(c1)CCC1C(CNCCN3CCCCC3)C21. The Kier molecular flexibility index (Phi) is 4.00. The lowest BCUT2D eigenvalue weighted by Crippen LogP contribution is -2.36. The third kappa shape index (κ3) is 2.89. The number of nitrogens with zero attached hydrogens (tertiary/aromatic N) is 1. The van der Waals surface area contributed by atoms with Crippen molar-refractivity contribution in [1.82, 2.24) is 10.2 Å². The van der Waals surface area contributed by atoms with Gasteiger partial charge in [0, 0.05) is 13.1 Å². The van der Waals surface area contributed by atoms with E-state index in [1.807, 2.05) is 0 Å². The smallest absolute Gasteiger partial charge is 0.0107 e. The summed E-state index contributed by atoms with van der Waals surface area (Å²) in [5, 5.41) is 3.74. The molecule has 1 heterocycles. The molecule has 0 amide bonds. The average Bonchev–Trinajstić information content (AvgIpc) is 3.26. The first kappa shape index (κ1) is 13.8. The van der Waals surface area contributed by atoms with E-state index in [-0.39, 0.29) is 0 Å². The van der Waals surface area contributed by atoms with Gasteiger partial charge < -0.3 is 10.2 Å². The Hall–Kier alpha value is -0.860. The van der Waals surface area contributed by atoms with E-state index in [2.05, 4.69) is 34.5 Å². The summed E-state index contributed by atoms with van der Waals surface area (Å²) in [6.45, 7) is 6.31. The van der Waals surface area contributed by atoms with Crippen molar-refractivity contribution in [3.05, 3.63) is 35.4 Å². The fourth-order valence-electron chi connectivity index (χ4n) is 4.68. The molecule has 3 atom stereocenters. The van der Waals surface area contributed by atoms with Crippen molar-refractivity contribution in [2.75, 3.05) is 32.7 Å². The molecule has 2 heteroatoms. The summed E-state index contributed by atoms with van der Waals surface area (Å²) in [6, 6.07) is 9.14. The molecule has 2 nitrogen and oxygen atoms in total. The average molecular weight is 284 g/mol. The lowest BCUT2D eigenvalue weighted by Gasteiger charge is -2.26. The number of rotatable bonds is 5. The number of likely N-dealkylation sites (tertiary alicyclic amines) is 1. The number of benzene rings is 1. The van der Waals surface area contributed by atoms with Gasteiger partial charge in [-0.3, -0.25) is 0 Å². The molecule has 0 radical (unpaired) electrons. The molecule has 1 aliphatic heterocycles. The molecule has 1 saturated carbocycles. The molecular formula is C19H28N2. The molecule has 0 bridgehead atoms. The van der Waals surface area contributed by atoms with Crippen molar-refractivity contribution in [3.8, 4) is 0 Å². The highest BCUT2D eigenvalue weighted by atomic mass is 15.1. The number of aryl methyl sites for hydroxylation is 1. The largest absolute Gasteiger partial charge is 0.315 e. The van der Waals surface area contributed by atoms with Crippen molar-refractivity contribution in [3.63, 3.8) is 0 Å². The number of hydrogen-bond acceptors (Lipinski definition) is 2. The van der Waals surface area contributed by atoms with E-state index in [4.69, 9.17) is 0 Å². The summed E-state index contributed by atoms with van der Waals surface area (Å²) in [5.74, 6) is 2.76. The Morgan fingerprint density at radius 3 is 2.86 bits per heavy atom. The zero-order valence-electron chi connectivity index (χ0n) is 13.1. The fourth-order valence-corrected chi connectivity index (χ4v) is 4.68. The van der Waals surface area contributed by atoms with Crippen molar-refractivity contribution < 1.29 is 0 Å². The van der Waals surface area contributed by atoms with Gasteiger partial charge in [0.1, 0.15) is 0 Å². The maximum absolute atomic E-state index is 3.74. The third-order valence-corrected chi connectivity index (χ3v) is 5.93. The number of hydrogen-bond donors (Lipinski definition) is 1. The zero-order chi connectivity index (χ0) is 14.1. The summed E-state index contributed by atoms with van der Waals surface area (Å²) < 4.78 is 0. The van der Waals surface area contributed by atoms with Crippen LogP contribution in [0, 0.1) is 11.8 Å². The van der Waals surface area contributed by atoms with E-state index in [1.165, 1.54) is 64.8 Å². The molecule has 2 aliphatic carbocycles. The molecule has 0 spiro atoms. The van der Waals surface area contributed by atoms with E-state index >= 15 is 0 Å². The second-order valence-electron chi connectivity index (χ2n) is 7.20. The standard InChI is InChI=1S/C19H28N2/c1-4-11-21(12-5-1)13-10-20-14-18-17-9-8-15-6-2-3-7-16(15)19(17)18/h2-3,6-7,17-20H,1,4-5,8-14H2. The third-order valence-electron chi connectivity index (χ3n) is 5.93. The molecule has 114 valence electrons. The van der Waals surface area contributed by atoms with E-state index in [1.54, 1.807) is 11.1 Å². The van der Waals surface area contributed by atoms with Crippen LogP contribution in [0.1, 0.15) is 42.7 Å². The van der Waals surface area contributed by atoms with E-state index in [9.17, 15) is 0 Å². The highest BCUT2D eigenvalue weighted by Gasteiger charge is 2.52. The van der Waals surface area contributed by atoms with Gasteiger partial charge in [0.05, 0.1) is 0 Å². The molecule has 21 heavy (non-hydrogen) atoms. The first-order chi connectivity index (χ1) is 10.4. The first-order valence-corrected chi connectivity index (χ1v) is 8.94. The van der Waals surface area contributed by atoms with Gasteiger partial charge in [-0.15, -0.1) is 0 Å². The first-order valence-electron chi connectivity index (χ1n) is 8.94. The zero-order valence-corrected chi connectivity index (χ0v) is 13.1. The Morgan fingerprint density at radius 2 is 1.95 bits per heavy atom. The quantitative estimate of drug-likeness (QED) is 0.836. The van der Waals surface area contributed by atoms with Crippen LogP contribution < -0.4 is 5.32 Å². The molecule has 4 rings (SSSR count). The second-order valence-corrected chi connectivity index (χ2v) is 7.20. The van der Waals surface area contributed by atoms with Crippen LogP contribution in [0.3, 0.4) is 0 Å². The summed E-state index contributed by atoms with van der Waals surface area (Å²) >= 11 is 0. The topological polar surface area (TPSA) is 15.3 Å². The minimum absolute atomic E-state index is 0.873. The normalized spacial score (nSPS) is 31.5. The molecule has 3 aliphatic rings. The molecule has 3 unspecified atom stereocenters. The Bertz CT molecular complexity index is 478. The molecule has 2 fully saturated rings. The molecule has 1 aromatic rings. The predicted octanol–water partition coefficient (Wildman–Crippen LogP) is 3.04. The lowest BCUT2D eigenvalue weighted by atomic mass is 9.92. The number of piperidine rings is 1. The summed E-state index contributed by atoms with van der Waals surface area (Å²) in [7, 11) is 0. The molecule has 1 aromatic carbocycles. The Labute approximate surface area is 128 Å². The summed E-state index contributed by atoms with van der Waals surface area (Å²) in [4.78, 5) is 2.63. The van der Waals surface area contributed by atoms with Crippen LogP contribution in [-0.4, -0.2) is 37.6 Å². The van der Waals surface area contributed by atoms with Crippen LogP contribution in [0.25, 0.3) is 0 Å². The number of nitrogens with one attached hydrogen (secondary N) is 1. The monoisotopic (exact) mass is 284 g/mol. The Morgan fingerprint density at radius 1 is 1.10 bits per heavy atom. The van der Waals surface area contributed by atoms with Gasteiger partial charge in [-0.25, -0.2) is 0 Å². The molecule has 0 aromatic heterocycles. The van der Waals surface area contributed by atoms with Crippen LogP contribution in [0.2, 0.25) is 0 Å². The molecular weight excluding hydrogens is 256 g/mol. The number of fused-ring (bicyclic) bond motifs is 3. The van der Waals surface area contributed by atoms with Gasteiger partial charge >= 0.3 is 0 Å². The van der Waals surface area contributed by atoms with Crippen molar-refractivity contribution in [1.29, 1.82) is 0 Å².